The second kappa shape index (κ2) is 6.36. The number of ketones is 1. The van der Waals surface area contributed by atoms with Gasteiger partial charge in [-0.25, -0.2) is 4.79 Å². The van der Waals surface area contributed by atoms with Crippen molar-refractivity contribution in [3.05, 3.63) is 65.2 Å². The Morgan fingerprint density at radius 2 is 2.00 bits per heavy atom. The van der Waals surface area contributed by atoms with Gasteiger partial charge in [0.1, 0.15) is 5.78 Å². The molecule has 4 nitrogen and oxygen atoms in total. The monoisotopic (exact) mass is 335 g/mol. The molecule has 0 amide bonds. The van der Waals surface area contributed by atoms with Crippen LogP contribution in [0.4, 0.5) is 5.69 Å². The molecule has 0 N–H and O–H groups in total. The van der Waals surface area contributed by atoms with Crippen LogP contribution in [-0.4, -0.2) is 24.9 Å². The van der Waals surface area contributed by atoms with Crippen LogP contribution in [0.2, 0.25) is 0 Å². The van der Waals surface area contributed by atoms with E-state index in [1.165, 1.54) is 12.7 Å². The van der Waals surface area contributed by atoms with E-state index in [-0.39, 0.29) is 11.9 Å². The smallest absolute Gasteiger partial charge is 0.337 e. The number of rotatable bonds is 3. The van der Waals surface area contributed by atoms with Crippen LogP contribution >= 0.6 is 0 Å². The molecule has 2 aromatic rings. The lowest BCUT2D eigenvalue weighted by Gasteiger charge is -2.45. The number of hydrogen-bond donors (Lipinski definition) is 0. The van der Waals surface area contributed by atoms with Gasteiger partial charge in [-0.1, -0.05) is 30.3 Å². The number of hydrogen-bond acceptors (Lipinski definition) is 4. The summed E-state index contributed by atoms with van der Waals surface area (Å²) in [7, 11) is 1.38. The van der Waals surface area contributed by atoms with Crippen LogP contribution in [0.5, 0.6) is 0 Å². The highest BCUT2D eigenvalue weighted by molar-refractivity contribution is 5.94. The Balaban J connectivity index is 1.76. The van der Waals surface area contributed by atoms with Crippen LogP contribution in [0.25, 0.3) is 0 Å². The number of anilines is 1. The number of carbonyl (C=O) groups is 2. The molecule has 25 heavy (non-hydrogen) atoms. The van der Waals surface area contributed by atoms with Gasteiger partial charge in [-0.2, -0.15) is 0 Å². The van der Waals surface area contributed by atoms with Gasteiger partial charge in [0.05, 0.1) is 12.7 Å². The maximum Gasteiger partial charge on any atom is 0.337 e. The first kappa shape index (κ1) is 15.9. The molecular formula is C21H21NO3. The SMILES string of the molecule is COC(=O)c1ccc2c(c1)[C@@H]1C[C@@H](CCC1=O)N2Cc1ccccc1. The fourth-order valence-electron chi connectivity index (χ4n) is 4.12. The molecule has 2 bridgehead atoms. The molecule has 1 aliphatic heterocycles. The third kappa shape index (κ3) is 2.82. The van der Waals surface area contributed by atoms with E-state index in [2.05, 4.69) is 17.0 Å². The van der Waals surface area contributed by atoms with Crippen LogP contribution < -0.4 is 4.90 Å². The van der Waals surface area contributed by atoms with Gasteiger partial charge in [-0.05, 0) is 42.2 Å². The number of ether oxygens (including phenoxy) is 1. The number of fused-ring (bicyclic) bond motifs is 4. The van der Waals surface area contributed by atoms with Gasteiger partial charge in [-0.3, -0.25) is 4.79 Å². The van der Waals surface area contributed by atoms with Crippen LogP contribution in [0.1, 0.15) is 46.7 Å². The maximum absolute atomic E-state index is 12.4. The van der Waals surface area contributed by atoms with Crippen LogP contribution in [0.3, 0.4) is 0 Å². The van der Waals surface area contributed by atoms with Crippen molar-refractivity contribution < 1.29 is 14.3 Å². The van der Waals surface area contributed by atoms with E-state index in [0.29, 0.717) is 23.8 Å². The number of Topliss-reactive ketones (excluding diaryl/α,β-unsaturated/α-hetero) is 1. The topological polar surface area (TPSA) is 46.6 Å². The zero-order valence-electron chi connectivity index (χ0n) is 14.3. The average molecular weight is 335 g/mol. The van der Waals surface area contributed by atoms with Crippen molar-refractivity contribution in [1.29, 1.82) is 0 Å². The van der Waals surface area contributed by atoms with Crippen molar-refractivity contribution in [2.45, 2.75) is 37.8 Å². The van der Waals surface area contributed by atoms with E-state index < -0.39 is 0 Å². The molecule has 1 fully saturated rings. The van der Waals surface area contributed by atoms with E-state index in [1.54, 1.807) is 6.07 Å². The minimum atomic E-state index is -0.359. The minimum Gasteiger partial charge on any atom is -0.465 e. The summed E-state index contributed by atoms with van der Waals surface area (Å²) < 4.78 is 4.84. The summed E-state index contributed by atoms with van der Waals surface area (Å²) in [6.07, 6.45) is 2.35. The Hall–Kier alpha value is -2.62. The van der Waals surface area contributed by atoms with E-state index >= 15 is 0 Å². The van der Waals surface area contributed by atoms with Gasteiger partial charge in [0.2, 0.25) is 0 Å². The van der Waals surface area contributed by atoms with Crippen LogP contribution in [0, 0.1) is 0 Å². The highest BCUT2D eigenvalue weighted by Gasteiger charge is 2.40. The maximum atomic E-state index is 12.4. The third-order valence-corrected chi connectivity index (χ3v) is 5.39. The second-order valence-electron chi connectivity index (χ2n) is 6.83. The Morgan fingerprint density at radius 1 is 1.20 bits per heavy atom. The molecule has 2 aromatic carbocycles. The minimum absolute atomic E-state index is 0.0922. The average Bonchev–Trinajstić information content (AvgIpc) is 2.66. The molecule has 2 aliphatic rings. The Labute approximate surface area is 147 Å². The van der Waals surface area contributed by atoms with Gasteiger partial charge >= 0.3 is 5.97 Å². The molecular weight excluding hydrogens is 314 g/mol. The van der Waals surface area contributed by atoms with Gasteiger partial charge in [0.25, 0.3) is 0 Å². The Morgan fingerprint density at radius 3 is 2.76 bits per heavy atom. The zero-order valence-corrected chi connectivity index (χ0v) is 14.3. The van der Waals surface area contributed by atoms with Gasteiger partial charge in [0.15, 0.2) is 0 Å². The summed E-state index contributed by atoms with van der Waals surface area (Å²) in [5.74, 6) is -0.160. The highest BCUT2D eigenvalue weighted by Crippen LogP contribution is 2.45. The zero-order chi connectivity index (χ0) is 17.4. The van der Waals surface area contributed by atoms with Crippen molar-refractivity contribution in [2.24, 2.45) is 0 Å². The molecule has 4 rings (SSSR count). The van der Waals surface area contributed by atoms with Crippen molar-refractivity contribution in [1.82, 2.24) is 0 Å². The van der Waals surface area contributed by atoms with Crippen molar-refractivity contribution in [2.75, 3.05) is 12.0 Å². The first-order valence-electron chi connectivity index (χ1n) is 8.73. The summed E-state index contributed by atoms with van der Waals surface area (Å²) in [4.78, 5) is 26.8. The quantitative estimate of drug-likeness (QED) is 0.803. The van der Waals surface area contributed by atoms with Gasteiger partial charge < -0.3 is 9.64 Å². The van der Waals surface area contributed by atoms with Crippen molar-refractivity contribution >= 4 is 17.4 Å². The number of carbonyl (C=O) groups excluding carboxylic acids is 2. The molecule has 2 atom stereocenters. The number of methoxy groups -OCH3 is 1. The second-order valence-corrected chi connectivity index (χ2v) is 6.83. The molecule has 0 unspecified atom stereocenters. The normalized spacial score (nSPS) is 21.6. The first-order valence-corrected chi connectivity index (χ1v) is 8.73. The highest BCUT2D eigenvalue weighted by atomic mass is 16.5. The number of nitrogens with zero attached hydrogens (tertiary/aromatic N) is 1. The molecule has 0 saturated heterocycles. The fraction of sp³-hybridized carbons (Fsp3) is 0.333. The summed E-state index contributed by atoms with van der Waals surface area (Å²) in [6, 6.07) is 16.4. The van der Waals surface area contributed by atoms with Gasteiger partial charge in [-0.15, -0.1) is 0 Å². The number of benzene rings is 2. The number of esters is 1. The Kier molecular flexibility index (Phi) is 4.04. The van der Waals surface area contributed by atoms with Crippen LogP contribution in [0.15, 0.2) is 48.5 Å². The molecule has 1 aliphatic carbocycles. The van der Waals surface area contributed by atoms with Crippen molar-refractivity contribution in [3.63, 3.8) is 0 Å². The predicted octanol–water partition coefficient (Wildman–Crippen LogP) is 3.70. The van der Waals surface area contributed by atoms with E-state index in [4.69, 9.17) is 4.74 Å². The lowest BCUT2D eigenvalue weighted by atomic mass is 9.75. The largest absolute Gasteiger partial charge is 0.465 e. The van der Waals surface area contributed by atoms with Crippen LogP contribution in [-0.2, 0) is 16.1 Å². The van der Waals surface area contributed by atoms with Gasteiger partial charge in [0, 0.05) is 30.6 Å². The Bertz CT molecular complexity index is 815. The summed E-state index contributed by atoms with van der Waals surface area (Å²) in [5, 5.41) is 0. The molecule has 1 heterocycles. The van der Waals surface area contributed by atoms with E-state index in [1.807, 2.05) is 30.3 Å². The van der Waals surface area contributed by atoms with E-state index in [9.17, 15) is 9.59 Å². The summed E-state index contributed by atoms with van der Waals surface area (Å²) in [6.45, 7) is 0.816. The molecule has 0 aromatic heterocycles. The fourth-order valence-corrected chi connectivity index (χ4v) is 4.12. The van der Waals surface area contributed by atoms with E-state index in [0.717, 1.165) is 30.6 Å². The third-order valence-electron chi connectivity index (χ3n) is 5.39. The molecule has 4 heteroatoms. The lowest BCUT2D eigenvalue weighted by molar-refractivity contribution is -0.122. The summed E-state index contributed by atoms with van der Waals surface area (Å²) >= 11 is 0. The molecule has 1 saturated carbocycles. The molecule has 0 spiro atoms. The summed E-state index contributed by atoms with van der Waals surface area (Å²) in [5.41, 5.74) is 3.81. The first-order chi connectivity index (χ1) is 12.2. The van der Waals surface area contributed by atoms with Crippen molar-refractivity contribution in [3.8, 4) is 0 Å². The lowest BCUT2D eigenvalue weighted by Crippen LogP contribution is -2.45. The standard InChI is InChI=1S/C21H21NO3/c1-25-21(24)15-7-9-19-17(11-15)18-12-16(8-10-20(18)23)22(19)13-14-5-3-2-4-6-14/h2-7,9,11,16,18H,8,10,12-13H2,1H3/t16-,18+/m1/s1. The predicted molar refractivity (Wildman–Crippen MR) is 95.8 cm³/mol. The molecule has 128 valence electrons. The molecule has 0 radical (unpaired) electrons.